The zero-order valence-corrected chi connectivity index (χ0v) is 25.8. The minimum atomic E-state index is -4.38. The van der Waals surface area contributed by atoms with E-state index in [2.05, 4.69) is 37.8 Å². The number of hydrogen-bond acceptors (Lipinski definition) is 5. The van der Waals surface area contributed by atoms with Gasteiger partial charge >= 0.3 is 6.18 Å². The number of anilines is 2. The normalized spacial score (nSPS) is 21.2. The highest BCUT2D eigenvalue weighted by molar-refractivity contribution is 7.27. The molecule has 0 radical (unpaired) electrons. The van der Waals surface area contributed by atoms with Crippen LogP contribution in [0.2, 0.25) is 0 Å². The molecule has 1 saturated heterocycles. The average Bonchev–Trinajstić information content (AvgIpc) is 3.86. The van der Waals surface area contributed by atoms with Crippen molar-refractivity contribution in [1.82, 2.24) is 4.90 Å². The van der Waals surface area contributed by atoms with Crippen LogP contribution in [0.15, 0.2) is 24.3 Å². The van der Waals surface area contributed by atoms with Crippen molar-refractivity contribution in [2.24, 2.45) is 0 Å². The summed E-state index contributed by atoms with van der Waals surface area (Å²) in [6.45, 7) is 1.37. The highest BCUT2D eigenvalue weighted by atomic mass is 32.1. The van der Waals surface area contributed by atoms with Gasteiger partial charge in [0.25, 0.3) is 0 Å². The Balaban J connectivity index is 1.29. The number of nitrogens with one attached hydrogen (secondary N) is 2. The van der Waals surface area contributed by atoms with Crippen LogP contribution in [0.1, 0.15) is 65.5 Å². The maximum Gasteiger partial charge on any atom is 0.393 e. The van der Waals surface area contributed by atoms with Crippen molar-refractivity contribution < 1.29 is 22.3 Å². The molecule has 42 heavy (non-hydrogen) atoms. The number of thiophene rings is 1. The van der Waals surface area contributed by atoms with E-state index in [1.165, 1.54) is 27.8 Å². The lowest BCUT2D eigenvalue weighted by atomic mass is 10.0. The highest BCUT2D eigenvalue weighted by Crippen LogP contribution is 2.52. The van der Waals surface area contributed by atoms with Gasteiger partial charge in [-0.1, -0.05) is 24.0 Å². The fraction of sp³-hybridized carbons (Fsp3) is 0.500. The molecular formula is C32H36F4N3OPS. The molecule has 3 aliphatic rings. The molecule has 1 aliphatic heterocycles. The van der Waals surface area contributed by atoms with Gasteiger partial charge in [-0.3, -0.25) is 0 Å². The van der Waals surface area contributed by atoms with E-state index in [0.717, 1.165) is 43.7 Å². The van der Waals surface area contributed by atoms with Gasteiger partial charge in [0.2, 0.25) is 0 Å². The van der Waals surface area contributed by atoms with Crippen LogP contribution >= 0.6 is 20.6 Å². The number of nitrogens with zero attached hydrogens (tertiary/aromatic N) is 1. The predicted octanol–water partition coefficient (Wildman–Crippen LogP) is 7.19. The molecule has 0 spiro atoms. The number of fused-ring (bicyclic) bond motifs is 1. The van der Waals surface area contributed by atoms with Crippen molar-refractivity contribution in [3.63, 3.8) is 0 Å². The summed E-state index contributed by atoms with van der Waals surface area (Å²) in [5, 5.41) is 8.46. The van der Waals surface area contributed by atoms with E-state index in [-0.39, 0.29) is 18.2 Å². The number of rotatable bonds is 8. The molecule has 1 aromatic heterocycles. The Morgan fingerprint density at radius 2 is 1.90 bits per heavy atom. The number of halogens is 4. The zero-order valence-electron chi connectivity index (χ0n) is 23.8. The molecule has 3 aromatic rings. The number of ether oxygens (including phenoxy) is 1. The van der Waals surface area contributed by atoms with Crippen molar-refractivity contribution >= 4 is 47.3 Å². The van der Waals surface area contributed by atoms with Gasteiger partial charge in [-0.05, 0) is 84.9 Å². The topological polar surface area (TPSA) is 36.5 Å². The van der Waals surface area contributed by atoms with Crippen molar-refractivity contribution in [3.8, 4) is 17.6 Å². The Morgan fingerprint density at radius 1 is 1.14 bits per heavy atom. The first-order chi connectivity index (χ1) is 20.1. The van der Waals surface area contributed by atoms with Gasteiger partial charge in [0, 0.05) is 18.7 Å². The van der Waals surface area contributed by atoms with Crippen LogP contribution in [0, 0.1) is 11.8 Å². The van der Waals surface area contributed by atoms with Crippen molar-refractivity contribution in [3.05, 3.63) is 45.8 Å². The van der Waals surface area contributed by atoms with Crippen LogP contribution in [0.25, 0.3) is 10.1 Å². The van der Waals surface area contributed by atoms with Crippen LogP contribution in [0.5, 0.6) is 5.75 Å². The van der Waals surface area contributed by atoms with Crippen LogP contribution < -0.4 is 20.7 Å². The molecule has 3 fully saturated rings. The number of alkyl halides is 4. The van der Waals surface area contributed by atoms with Gasteiger partial charge in [0.1, 0.15) is 11.9 Å². The largest absolute Gasteiger partial charge is 0.494 e. The predicted molar refractivity (Wildman–Crippen MR) is 168 cm³/mol. The molecule has 0 bridgehead atoms. The molecule has 2 aromatic carbocycles. The molecule has 2 N–H and O–H groups in total. The SMILES string of the molecule is COc1c(NCC#Cc2sc3c(N[C@H]4CCN(C)C[C@H]4F)cccc3c2CC(F)(F)F)c(C2CC2)cc(P)c1C1CC1. The third-order valence-corrected chi connectivity index (χ3v) is 10.1. The summed E-state index contributed by atoms with van der Waals surface area (Å²) in [5.74, 6) is 8.01. The lowest BCUT2D eigenvalue weighted by molar-refractivity contribution is -0.126. The summed E-state index contributed by atoms with van der Waals surface area (Å²) in [4.78, 5) is 2.34. The van der Waals surface area contributed by atoms with Crippen LogP contribution in [0.4, 0.5) is 28.9 Å². The zero-order chi connectivity index (χ0) is 29.6. The average molecular weight is 618 g/mol. The number of likely N-dealkylation sites (tertiary alicyclic amines) is 1. The lowest BCUT2D eigenvalue weighted by Crippen LogP contribution is -2.46. The summed E-state index contributed by atoms with van der Waals surface area (Å²) in [6, 6.07) is 7.11. The highest BCUT2D eigenvalue weighted by Gasteiger charge is 2.35. The number of benzene rings is 2. The lowest BCUT2D eigenvalue weighted by Gasteiger charge is -2.33. The molecule has 1 unspecified atom stereocenters. The standard InChI is InChI=1S/C32H36F4N3OPS/c1-39-14-12-24(23(33)17-39)38-25-6-3-5-20-22(16-32(34,35)36)27(42-31(20)25)7-4-13-37-29-21(18-8-9-18)15-26(41)28(19-10-11-19)30(29)40-2/h3,5-6,15,18-19,23-24,37-38H,8-14,16-17,41H2,1-2H3/t23-,24+/m1/s1. The Labute approximate surface area is 250 Å². The molecule has 6 rings (SSSR count). The second kappa shape index (κ2) is 11.9. The molecule has 2 heterocycles. The van der Waals surface area contributed by atoms with Crippen LogP contribution in [0.3, 0.4) is 0 Å². The van der Waals surface area contributed by atoms with Crippen LogP contribution in [-0.4, -0.2) is 57.1 Å². The fourth-order valence-electron chi connectivity index (χ4n) is 6.06. The Kier molecular flexibility index (Phi) is 8.34. The minimum Gasteiger partial charge on any atom is -0.494 e. The maximum absolute atomic E-state index is 14.8. The number of methoxy groups -OCH3 is 1. The maximum atomic E-state index is 14.8. The number of piperidine rings is 1. The molecule has 3 atom stereocenters. The van der Waals surface area contributed by atoms with E-state index in [9.17, 15) is 17.6 Å². The molecular weight excluding hydrogens is 581 g/mol. The summed E-state index contributed by atoms with van der Waals surface area (Å²) in [6.07, 6.45) is -1.31. The van der Waals surface area contributed by atoms with Gasteiger partial charge in [0.05, 0.1) is 47.1 Å². The van der Waals surface area contributed by atoms with Gasteiger partial charge in [-0.25, -0.2) is 4.39 Å². The quantitative estimate of drug-likeness (QED) is 0.160. The smallest absolute Gasteiger partial charge is 0.393 e. The Morgan fingerprint density at radius 3 is 2.57 bits per heavy atom. The second-order valence-electron chi connectivity index (χ2n) is 11.8. The van der Waals surface area contributed by atoms with Gasteiger partial charge in [-0.2, -0.15) is 13.2 Å². The van der Waals surface area contributed by atoms with E-state index in [1.807, 2.05) is 18.0 Å². The first-order valence-electron chi connectivity index (χ1n) is 14.6. The van der Waals surface area contributed by atoms with Crippen molar-refractivity contribution in [2.75, 3.05) is 44.4 Å². The molecule has 2 aliphatic carbocycles. The van der Waals surface area contributed by atoms with E-state index < -0.39 is 18.8 Å². The summed E-state index contributed by atoms with van der Waals surface area (Å²) in [7, 11) is 6.45. The third kappa shape index (κ3) is 6.37. The fourth-order valence-corrected chi connectivity index (χ4v) is 7.77. The first-order valence-corrected chi connectivity index (χ1v) is 16.0. The summed E-state index contributed by atoms with van der Waals surface area (Å²) < 4.78 is 62.5. The van der Waals surface area contributed by atoms with Gasteiger partial charge < -0.3 is 20.3 Å². The summed E-state index contributed by atoms with van der Waals surface area (Å²) in [5.41, 5.74) is 4.24. The van der Waals surface area contributed by atoms with Gasteiger partial charge in [-0.15, -0.1) is 20.6 Å². The van der Waals surface area contributed by atoms with Crippen molar-refractivity contribution in [1.29, 1.82) is 0 Å². The Bertz CT molecular complexity index is 1540. The second-order valence-corrected chi connectivity index (χ2v) is 13.4. The van der Waals surface area contributed by atoms with Gasteiger partial charge in [0.15, 0.2) is 0 Å². The van der Waals surface area contributed by atoms with Crippen molar-refractivity contribution in [2.45, 2.75) is 68.8 Å². The Hall–Kier alpha value is -2.53. The molecule has 224 valence electrons. The molecule has 0 amide bonds. The van der Waals surface area contributed by atoms with E-state index in [1.54, 1.807) is 19.2 Å². The number of hydrogen-bond donors (Lipinski definition) is 2. The molecule has 2 saturated carbocycles. The monoisotopic (exact) mass is 617 g/mol. The minimum absolute atomic E-state index is 0.179. The molecule has 10 heteroatoms. The first kappa shape index (κ1) is 29.5. The molecule has 4 nitrogen and oxygen atoms in total. The van der Waals surface area contributed by atoms with E-state index >= 15 is 0 Å². The van der Waals surface area contributed by atoms with E-state index in [0.29, 0.717) is 45.5 Å². The van der Waals surface area contributed by atoms with E-state index in [4.69, 9.17) is 4.74 Å². The third-order valence-electron chi connectivity index (χ3n) is 8.43. The van der Waals surface area contributed by atoms with Crippen LogP contribution in [-0.2, 0) is 6.42 Å². The summed E-state index contributed by atoms with van der Waals surface area (Å²) >= 11 is 1.25.